The molecule has 6 nitrogen and oxygen atoms in total. The fourth-order valence-corrected chi connectivity index (χ4v) is 3.08. The number of benzene rings is 2. The number of carbonyl (C=O) groups is 1. The fraction of sp³-hybridized carbons (Fsp3) is 0.176. The van der Waals surface area contributed by atoms with Crippen molar-refractivity contribution in [3.63, 3.8) is 0 Å². The predicted octanol–water partition coefficient (Wildman–Crippen LogP) is 3.93. The van der Waals surface area contributed by atoms with Gasteiger partial charge in [0.05, 0.1) is 17.0 Å². The zero-order valence-corrected chi connectivity index (χ0v) is 14.9. The van der Waals surface area contributed by atoms with Crippen molar-refractivity contribution in [3.8, 4) is 5.69 Å². The topological polar surface area (TPSA) is 72.7 Å². The Morgan fingerprint density at radius 1 is 1.11 bits per heavy atom. The number of alkyl halides is 3. The first kappa shape index (κ1) is 18.9. The van der Waals surface area contributed by atoms with Gasteiger partial charge >= 0.3 is 6.18 Å². The lowest BCUT2D eigenvalue weighted by Gasteiger charge is -2.08. The summed E-state index contributed by atoms with van der Waals surface area (Å²) in [4.78, 5) is 12.0. The average molecular weight is 393 g/mol. The van der Waals surface area contributed by atoms with Gasteiger partial charge < -0.3 is 5.32 Å². The van der Waals surface area contributed by atoms with E-state index in [1.165, 1.54) is 35.5 Å². The van der Waals surface area contributed by atoms with Crippen molar-refractivity contribution in [1.29, 1.82) is 0 Å². The van der Waals surface area contributed by atoms with Crippen LogP contribution in [0.15, 0.2) is 53.4 Å². The van der Waals surface area contributed by atoms with Crippen molar-refractivity contribution in [2.45, 2.75) is 23.7 Å². The molecule has 0 bridgehead atoms. The van der Waals surface area contributed by atoms with Crippen molar-refractivity contribution >= 4 is 23.4 Å². The number of tetrazole rings is 1. The Hall–Kier alpha value is -2.88. The molecule has 0 saturated carbocycles. The minimum Gasteiger partial charge on any atom is -0.326 e. The van der Waals surface area contributed by atoms with Gasteiger partial charge in [0.1, 0.15) is 0 Å². The van der Waals surface area contributed by atoms with E-state index in [1.54, 1.807) is 12.1 Å². The molecule has 0 aliphatic carbocycles. The second kappa shape index (κ2) is 7.78. The number of rotatable bonds is 5. The second-order valence-corrected chi connectivity index (χ2v) is 6.59. The molecular formula is C17H14F3N5OS. The molecule has 140 valence electrons. The standard InChI is InChI=1S/C17H14F3N5OS/c1-11(26)21-13-4-8-15(9-5-13)27-10-16-22-23-24-25(16)14-6-2-12(3-7-14)17(18,19)20/h2-9H,10H2,1H3,(H,21,26). The minimum atomic E-state index is -4.39. The Kier molecular flexibility index (Phi) is 5.45. The number of nitrogens with zero attached hydrogens (tertiary/aromatic N) is 4. The monoisotopic (exact) mass is 393 g/mol. The molecule has 0 spiro atoms. The Labute approximate surface area is 156 Å². The third-order valence-corrected chi connectivity index (χ3v) is 4.52. The molecule has 0 unspecified atom stereocenters. The van der Waals surface area contributed by atoms with Crippen LogP contribution in [-0.2, 0) is 16.7 Å². The van der Waals surface area contributed by atoms with E-state index >= 15 is 0 Å². The van der Waals surface area contributed by atoms with E-state index in [1.807, 2.05) is 12.1 Å². The molecule has 1 amide bonds. The average Bonchev–Trinajstić information content (AvgIpc) is 3.08. The van der Waals surface area contributed by atoms with E-state index in [9.17, 15) is 18.0 Å². The van der Waals surface area contributed by atoms with Gasteiger partial charge in [-0.25, -0.2) is 0 Å². The van der Waals surface area contributed by atoms with Crippen LogP contribution in [0.2, 0.25) is 0 Å². The van der Waals surface area contributed by atoms with Gasteiger partial charge in [0, 0.05) is 17.5 Å². The van der Waals surface area contributed by atoms with Gasteiger partial charge in [-0.05, 0) is 59.0 Å². The molecule has 0 aliphatic rings. The molecule has 0 fully saturated rings. The Bertz CT molecular complexity index is 923. The molecule has 0 saturated heterocycles. The second-order valence-electron chi connectivity index (χ2n) is 5.55. The van der Waals surface area contributed by atoms with E-state index in [4.69, 9.17) is 0 Å². The molecule has 1 aromatic heterocycles. The zero-order valence-electron chi connectivity index (χ0n) is 14.1. The summed E-state index contributed by atoms with van der Waals surface area (Å²) >= 11 is 1.47. The Balaban J connectivity index is 1.69. The summed E-state index contributed by atoms with van der Waals surface area (Å²) in [5.74, 6) is 0.782. The third kappa shape index (κ3) is 4.85. The van der Waals surface area contributed by atoms with E-state index in [0.29, 0.717) is 23.0 Å². The van der Waals surface area contributed by atoms with Crippen LogP contribution in [0.25, 0.3) is 5.69 Å². The quantitative estimate of drug-likeness (QED) is 0.665. The van der Waals surface area contributed by atoms with Crippen LogP contribution < -0.4 is 5.32 Å². The summed E-state index contributed by atoms with van der Waals surface area (Å²) in [5, 5.41) is 14.1. The van der Waals surface area contributed by atoms with E-state index in [-0.39, 0.29) is 5.91 Å². The number of nitrogens with one attached hydrogen (secondary N) is 1. The minimum absolute atomic E-state index is 0.147. The molecule has 0 radical (unpaired) electrons. The van der Waals surface area contributed by atoms with Crippen molar-refractivity contribution in [2.24, 2.45) is 0 Å². The van der Waals surface area contributed by atoms with Crippen LogP contribution in [0.5, 0.6) is 0 Å². The van der Waals surface area contributed by atoms with Crippen LogP contribution in [0.4, 0.5) is 18.9 Å². The summed E-state index contributed by atoms with van der Waals surface area (Å²) in [5.41, 5.74) is 0.417. The summed E-state index contributed by atoms with van der Waals surface area (Å²) in [6.45, 7) is 1.43. The lowest BCUT2D eigenvalue weighted by molar-refractivity contribution is -0.137. The number of carbonyl (C=O) groups excluding carboxylic acids is 1. The van der Waals surface area contributed by atoms with Crippen LogP contribution in [0, 0.1) is 0 Å². The van der Waals surface area contributed by atoms with Crippen molar-refractivity contribution in [2.75, 3.05) is 5.32 Å². The van der Waals surface area contributed by atoms with Crippen molar-refractivity contribution in [1.82, 2.24) is 20.2 Å². The molecule has 1 heterocycles. The maximum absolute atomic E-state index is 12.7. The number of thioether (sulfide) groups is 1. The molecule has 27 heavy (non-hydrogen) atoms. The largest absolute Gasteiger partial charge is 0.416 e. The van der Waals surface area contributed by atoms with Gasteiger partial charge in [-0.15, -0.1) is 16.9 Å². The molecule has 3 aromatic rings. The number of anilines is 1. The zero-order chi connectivity index (χ0) is 19.4. The van der Waals surface area contributed by atoms with Gasteiger partial charge in [0.15, 0.2) is 5.82 Å². The van der Waals surface area contributed by atoms with Crippen LogP contribution in [0.3, 0.4) is 0 Å². The van der Waals surface area contributed by atoms with Crippen LogP contribution in [-0.4, -0.2) is 26.1 Å². The molecule has 1 N–H and O–H groups in total. The maximum Gasteiger partial charge on any atom is 0.416 e. The lowest BCUT2D eigenvalue weighted by atomic mass is 10.2. The number of amides is 1. The fourth-order valence-electron chi connectivity index (χ4n) is 2.27. The van der Waals surface area contributed by atoms with E-state index in [2.05, 4.69) is 20.8 Å². The van der Waals surface area contributed by atoms with Crippen molar-refractivity contribution in [3.05, 3.63) is 59.9 Å². The SMILES string of the molecule is CC(=O)Nc1ccc(SCc2nnnn2-c2ccc(C(F)(F)F)cc2)cc1. The number of halogens is 3. The van der Waals surface area contributed by atoms with Crippen molar-refractivity contribution < 1.29 is 18.0 Å². The van der Waals surface area contributed by atoms with Gasteiger partial charge in [0.2, 0.25) is 5.91 Å². The highest BCUT2D eigenvalue weighted by Crippen LogP contribution is 2.30. The highest BCUT2D eigenvalue weighted by molar-refractivity contribution is 7.98. The van der Waals surface area contributed by atoms with Gasteiger partial charge in [0.25, 0.3) is 0 Å². The first-order valence-corrected chi connectivity index (χ1v) is 8.77. The van der Waals surface area contributed by atoms with Crippen LogP contribution >= 0.6 is 11.8 Å². The number of aromatic nitrogens is 4. The van der Waals surface area contributed by atoms with Gasteiger partial charge in [-0.2, -0.15) is 17.9 Å². The molecular weight excluding hydrogens is 379 g/mol. The number of hydrogen-bond acceptors (Lipinski definition) is 5. The normalized spacial score (nSPS) is 11.4. The third-order valence-electron chi connectivity index (χ3n) is 3.52. The molecule has 0 atom stereocenters. The summed E-state index contributed by atoms with van der Waals surface area (Å²) in [6.07, 6.45) is -4.39. The first-order chi connectivity index (χ1) is 12.8. The van der Waals surface area contributed by atoms with E-state index in [0.717, 1.165) is 17.0 Å². The van der Waals surface area contributed by atoms with Crippen LogP contribution in [0.1, 0.15) is 18.3 Å². The molecule has 2 aromatic carbocycles. The summed E-state index contributed by atoms with van der Waals surface area (Å²) in [6, 6.07) is 11.9. The first-order valence-electron chi connectivity index (χ1n) is 7.78. The Morgan fingerprint density at radius 3 is 2.37 bits per heavy atom. The number of hydrogen-bond donors (Lipinski definition) is 1. The molecule has 0 aliphatic heterocycles. The molecule has 3 rings (SSSR count). The maximum atomic E-state index is 12.7. The van der Waals surface area contributed by atoms with Gasteiger partial charge in [-0.3, -0.25) is 4.79 Å². The Morgan fingerprint density at radius 2 is 1.78 bits per heavy atom. The predicted molar refractivity (Wildman–Crippen MR) is 94.5 cm³/mol. The smallest absolute Gasteiger partial charge is 0.326 e. The highest BCUT2D eigenvalue weighted by atomic mass is 32.2. The summed E-state index contributed by atoms with van der Waals surface area (Å²) in [7, 11) is 0. The highest BCUT2D eigenvalue weighted by Gasteiger charge is 2.30. The van der Waals surface area contributed by atoms with E-state index < -0.39 is 11.7 Å². The molecule has 10 heteroatoms. The lowest BCUT2D eigenvalue weighted by Crippen LogP contribution is -2.06. The summed E-state index contributed by atoms with van der Waals surface area (Å²) < 4.78 is 39.4. The van der Waals surface area contributed by atoms with Gasteiger partial charge in [-0.1, -0.05) is 0 Å².